The molecule has 0 aliphatic heterocycles. The van der Waals surface area contributed by atoms with Gasteiger partial charge in [0.1, 0.15) is 23.8 Å². The molecule has 0 bridgehead atoms. The Hall–Kier alpha value is -1.38. The second-order valence-electron chi connectivity index (χ2n) is 3.99. The average molecular weight is 286 g/mol. The maximum absolute atomic E-state index is 9.79. The summed E-state index contributed by atoms with van der Waals surface area (Å²) >= 11 is 5.79. The molecule has 0 saturated carbocycles. The third kappa shape index (κ3) is 2.96. The molecule has 3 atom stereocenters. The van der Waals surface area contributed by atoms with Crippen molar-refractivity contribution in [2.45, 2.75) is 18.3 Å². The molecular weight excluding hydrogens is 274 g/mol. The van der Waals surface area contributed by atoms with Crippen molar-refractivity contribution in [3.8, 4) is 0 Å². The van der Waals surface area contributed by atoms with Gasteiger partial charge in [-0.3, -0.25) is 0 Å². The lowest BCUT2D eigenvalue weighted by atomic mass is 10.1. The van der Waals surface area contributed by atoms with E-state index in [9.17, 15) is 15.3 Å². The van der Waals surface area contributed by atoms with Crippen LogP contribution >= 0.6 is 11.6 Å². The second-order valence-corrected chi connectivity index (χ2v) is 4.42. The quantitative estimate of drug-likeness (QED) is 0.593. The fourth-order valence-electron chi connectivity index (χ4n) is 1.52. The molecule has 0 spiro atoms. The first-order valence-corrected chi connectivity index (χ1v) is 5.85. The lowest BCUT2D eigenvalue weighted by molar-refractivity contribution is -0.0804. The maximum Gasteiger partial charge on any atom is 0.183 e. The van der Waals surface area contributed by atoms with Gasteiger partial charge >= 0.3 is 0 Å². The van der Waals surface area contributed by atoms with Crippen molar-refractivity contribution < 1.29 is 20.4 Å². The van der Waals surface area contributed by atoms with Crippen LogP contribution in [0.5, 0.6) is 0 Å². The van der Waals surface area contributed by atoms with Crippen LogP contribution < -0.4 is 0 Å². The smallest absolute Gasteiger partial charge is 0.183 e. The first-order valence-electron chi connectivity index (χ1n) is 5.48. The molecule has 0 amide bonds. The van der Waals surface area contributed by atoms with Gasteiger partial charge in [0.05, 0.1) is 12.1 Å². The van der Waals surface area contributed by atoms with Crippen LogP contribution in [0.1, 0.15) is 11.9 Å². The van der Waals surface area contributed by atoms with Crippen LogP contribution in [0, 0.1) is 0 Å². The fourth-order valence-corrected chi connectivity index (χ4v) is 1.68. The zero-order valence-corrected chi connectivity index (χ0v) is 10.4. The van der Waals surface area contributed by atoms with E-state index < -0.39 is 24.9 Å². The van der Waals surface area contributed by atoms with Crippen molar-refractivity contribution in [3.63, 3.8) is 0 Å². The SMILES string of the molecule is OCC(O)C(O)C(O)c1nnc2cc(Cl)ccc2n1. The molecule has 0 fully saturated rings. The molecular formula is C11H12ClN3O4. The molecule has 0 aliphatic carbocycles. The Balaban J connectivity index is 2.32. The second kappa shape index (κ2) is 5.72. The summed E-state index contributed by atoms with van der Waals surface area (Å²) in [6, 6.07) is 4.76. The van der Waals surface area contributed by atoms with Crippen LogP contribution in [0.3, 0.4) is 0 Å². The van der Waals surface area contributed by atoms with E-state index in [-0.39, 0.29) is 5.82 Å². The first-order chi connectivity index (χ1) is 9.02. The highest BCUT2D eigenvalue weighted by Crippen LogP contribution is 2.19. The van der Waals surface area contributed by atoms with Crippen LogP contribution in [0.2, 0.25) is 5.02 Å². The Kier molecular flexibility index (Phi) is 4.23. The van der Waals surface area contributed by atoms with Gasteiger partial charge in [-0.2, -0.15) is 0 Å². The number of hydrogen-bond donors (Lipinski definition) is 4. The third-order valence-electron chi connectivity index (χ3n) is 2.60. The molecule has 7 nitrogen and oxygen atoms in total. The molecule has 4 N–H and O–H groups in total. The van der Waals surface area contributed by atoms with Gasteiger partial charge in [0.15, 0.2) is 5.82 Å². The van der Waals surface area contributed by atoms with Crippen molar-refractivity contribution in [2.24, 2.45) is 0 Å². The van der Waals surface area contributed by atoms with Crippen LogP contribution in [-0.2, 0) is 0 Å². The normalized spacial score (nSPS) is 16.3. The maximum atomic E-state index is 9.79. The van der Waals surface area contributed by atoms with Gasteiger partial charge in [-0.25, -0.2) is 4.98 Å². The molecule has 1 heterocycles. The molecule has 0 aliphatic rings. The number of rotatable bonds is 4. The first kappa shape index (κ1) is 14.0. The Morgan fingerprint density at radius 2 is 1.84 bits per heavy atom. The highest BCUT2D eigenvalue weighted by Gasteiger charge is 2.28. The van der Waals surface area contributed by atoms with E-state index in [0.717, 1.165) is 0 Å². The molecule has 1 aromatic heterocycles. The van der Waals surface area contributed by atoms with E-state index in [1.165, 1.54) is 0 Å². The molecule has 0 saturated heterocycles. The van der Waals surface area contributed by atoms with Gasteiger partial charge in [-0.1, -0.05) is 11.6 Å². The van der Waals surface area contributed by atoms with Gasteiger partial charge in [0, 0.05) is 5.02 Å². The summed E-state index contributed by atoms with van der Waals surface area (Å²) in [5.74, 6) is -0.144. The summed E-state index contributed by atoms with van der Waals surface area (Å²) < 4.78 is 0. The third-order valence-corrected chi connectivity index (χ3v) is 2.84. The average Bonchev–Trinajstić information content (AvgIpc) is 2.44. The lowest BCUT2D eigenvalue weighted by Gasteiger charge is -2.19. The number of aliphatic hydroxyl groups excluding tert-OH is 4. The van der Waals surface area contributed by atoms with Crippen molar-refractivity contribution in [1.82, 2.24) is 15.2 Å². The van der Waals surface area contributed by atoms with Crippen LogP contribution in [0.4, 0.5) is 0 Å². The van der Waals surface area contributed by atoms with Gasteiger partial charge in [0.2, 0.25) is 0 Å². The molecule has 3 unspecified atom stereocenters. The zero-order valence-electron chi connectivity index (χ0n) is 9.68. The Bertz CT molecular complexity index is 583. The number of aromatic nitrogens is 3. The molecule has 1 aromatic carbocycles. The molecule has 2 rings (SSSR count). The number of hydrogen-bond acceptors (Lipinski definition) is 7. The molecule has 19 heavy (non-hydrogen) atoms. The predicted molar refractivity (Wildman–Crippen MR) is 66.4 cm³/mol. The number of halogens is 1. The van der Waals surface area contributed by atoms with Crippen LogP contribution in [0.15, 0.2) is 18.2 Å². The Morgan fingerprint density at radius 1 is 1.11 bits per heavy atom. The van der Waals surface area contributed by atoms with Crippen molar-refractivity contribution in [3.05, 3.63) is 29.0 Å². The standard InChI is InChI=1S/C11H12ClN3O4/c12-5-1-2-6-7(3-5)14-15-11(13-6)10(19)9(18)8(17)4-16/h1-3,8-10,16-19H,4H2. The van der Waals surface area contributed by atoms with Gasteiger partial charge < -0.3 is 20.4 Å². The summed E-state index contributed by atoms with van der Waals surface area (Å²) in [7, 11) is 0. The van der Waals surface area contributed by atoms with Crippen molar-refractivity contribution in [2.75, 3.05) is 6.61 Å². The van der Waals surface area contributed by atoms with E-state index >= 15 is 0 Å². The molecule has 2 aromatic rings. The Morgan fingerprint density at radius 3 is 2.53 bits per heavy atom. The molecule has 102 valence electrons. The Labute approximate surface area is 113 Å². The minimum absolute atomic E-state index is 0.144. The van der Waals surface area contributed by atoms with E-state index in [2.05, 4.69) is 15.2 Å². The predicted octanol–water partition coefficient (Wildman–Crippen LogP) is -0.574. The van der Waals surface area contributed by atoms with Crippen molar-refractivity contribution >= 4 is 22.6 Å². The van der Waals surface area contributed by atoms with Gasteiger partial charge in [-0.05, 0) is 18.2 Å². The topological polar surface area (TPSA) is 120 Å². The van der Waals surface area contributed by atoms with E-state index in [1.807, 2.05) is 0 Å². The largest absolute Gasteiger partial charge is 0.394 e. The highest BCUT2D eigenvalue weighted by molar-refractivity contribution is 6.31. The summed E-state index contributed by atoms with van der Waals surface area (Å²) in [6.45, 7) is -0.686. The van der Waals surface area contributed by atoms with Gasteiger partial charge in [-0.15, -0.1) is 10.2 Å². The number of aliphatic hydroxyl groups is 4. The number of fused-ring (bicyclic) bond motifs is 1. The fraction of sp³-hybridized carbons (Fsp3) is 0.364. The van der Waals surface area contributed by atoms with Crippen molar-refractivity contribution in [1.29, 1.82) is 0 Å². The molecule has 8 heteroatoms. The highest BCUT2D eigenvalue weighted by atomic mass is 35.5. The van der Waals surface area contributed by atoms with Crippen LogP contribution in [0.25, 0.3) is 11.0 Å². The summed E-state index contributed by atoms with van der Waals surface area (Å²) in [5.41, 5.74) is 0.889. The van der Waals surface area contributed by atoms with E-state index in [0.29, 0.717) is 16.1 Å². The minimum Gasteiger partial charge on any atom is -0.394 e. The van der Waals surface area contributed by atoms with E-state index in [1.54, 1.807) is 18.2 Å². The monoisotopic (exact) mass is 285 g/mol. The summed E-state index contributed by atoms with van der Waals surface area (Å²) in [5, 5.41) is 45.3. The molecule has 0 radical (unpaired) electrons. The number of nitrogens with zero attached hydrogens (tertiary/aromatic N) is 3. The minimum atomic E-state index is -1.60. The van der Waals surface area contributed by atoms with Gasteiger partial charge in [0.25, 0.3) is 0 Å². The van der Waals surface area contributed by atoms with E-state index in [4.69, 9.17) is 16.7 Å². The summed E-state index contributed by atoms with van der Waals surface area (Å²) in [4.78, 5) is 4.02. The summed E-state index contributed by atoms with van der Waals surface area (Å²) in [6.07, 6.45) is -4.63. The lowest BCUT2D eigenvalue weighted by Crippen LogP contribution is -2.35. The number of benzene rings is 1. The zero-order chi connectivity index (χ0) is 14.0. The van der Waals surface area contributed by atoms with Crippen LogP contribution in [-0.4, -0.2) is 54.4 Å².